The van der Waals surface area contributed by atoms with Crippen molar-refractivity contribution in [1.82, 2.24) is 14.6 Å². The van der Waals surface area contributed by atoms with Crippen LogP contribution in [0.1, 0.15) is 32.4 Å². The number of esters is 1. The fourth-order valence-corrected chi connectivity index (χ4v) is 3.26. The van der Waals surface area contributed by atoms with E-state index in [-0.39, 0.29) is 24.8 Å². The van der Waals surface area contributed by atoms with E-state index in [0.717, 1.165) is 6.42 Å². The molecule has 0 amide bonds. The molecule has 2 aromatic rings. The van der Waals surface area contributed by atoms with Gasteiger partial charge in [-0.15, -0.1) is 0 Å². The molecule has 28 heavy (non-hydrogen) atoms. The van der Waals surface area contributed by atoms with E-state index < -0.39 is 29.8 Å². The van der Waals surface area contributed by atoms with Crippen LogP contribution >= 0.6 is 0 Å². The number of hydrogen-bond acceptors (Lipinski definition) is 9. The molecule has 5 N–H and O–H groups in total. The van der Waals surface area contributed by atoms with E-state index in [4.69, 9.17) is 20.9 Å². The lowest BCUT2D eigenvalue weighted by Gasteiger charge is -2.22. The van der Waals surface area contributed by atoms with Crippen LogP contribution in [-0.2, 0) is 19.9 Å². The zero-order chi connectivity index (χ0) is 20.5. The number of aromatic nitrogens is 3. The van der Waals surface area contributed by atoms with Crippen molar-refractivity contribution in [3.63, 3.8) is 0 Å². The van der Waals surface area contributed by atoms with Crippen LogP contribution in [0.15, 0.2) is 18.5 Å². The van der Waals surface area contributed by atoms with E-state index >= 15 is 0 Å². The normalized spacial score (nSPS) is 26.7. The maximum atomic E-state index is 12.1. The van der Waals surface area contributed by atoms with Gasteiger partial charge in [0.05, 0.1) is 11.8 Å². The number of nitrogens with two attached hydrogens (primary N) is 2. The Kier molecular flexibility index (Phi) is 5.51. The largest absolute Gasteiger partial charge is 0.462 e. The van der Waals surface area contributed by atoms with Crippen molar-refractivity contribution in [2.24, 2.45) is 11.7 Å². The second-order valence-corrected chi connectivity index (χ2v) is 7.07. The summed E-state index contributed by atoms with van der Waals surface area (Å²) in [7, 11) is 0. The minimum absolute atomic E-state index is 0.000839. The number of hydrogen-bond donors (Lipinski definition) is 3. The first-order chi connectivity index (χ1) is 13.3. The second kappa shape index (κ2) is 7.71. The van der Waals surface area contributed by atoms with E-state index in [0.29, 0.717) is 11.2 Å². The predicted molar refractivity (Wildman–Crippen MR) is 98.6 cm³/mol. The van der Waals surface area contributed by atoms with Gasteiger partial charge >= 0.3 is 5.97 Å². The molecule has 1 unspecified atom stereocenters. The topological polar surface area (TPSA) is 162 Å². The summed E-state index contributed by atoms with van der Waals surface area (Å²) >= 11 is 0. The zero-order valence-corrected chi connectivity index (χ0v) is 15.8. The Hall–Kier alpha value is -2.74. The highest BCUT2D eigenvalue weighted by molar-refractivity contribution is 5.75. The van der Waals surface area contributed by atoms with Crippen LogP contribution in [0, 0.1) is 17.2 Å². The Labute approximate surface area is 162 Å². The lowest BCUT2D eigenvalue weighted by molar-refractivity contribution is -0.153. The summed E-state index contributed by atoms with van der Waals surface area (Å²) < 4.78 is 12.6. The maximum absolute atomic E-state index is 12.1. The molecule has 1 fully saturated rings. The van der Waals surface area contributed by atoms with E-state index in [1.807, 2.05) is 13.8 Å². The van der Waals surface area contributed by atoms with Gasteiger partial charge in [-0.05, 0) is 18.1 Å². The van der Waals surface area contributed by atoms with Gasteiger partial charge in [-0.3, -0.25) is 4.79 Å². The van der Waals surface area contributed by atoms with Crippen LogP contribution in [0.25, 0.3) is 5.52 Å². The summed E-state index contributed by atoms with van der Waals surface area (Å²) in [4.78, 5) is 16.0. The van der Waals surface area contributed by atoms with Crippen molar-refractivity contribution >= 4 is 17.3 Å². The summed E-state index contributed by atoms with van der Waals surface area (Å²) in [6.07, 6.45) is 0.147. The monoisotopic (exact) mass is 388 g/mol. The number of rotatable bonds is 6. The van der Waals surface area contributed by atoms with E-state index in [9.17, 15) is 15.2 Å². The maximum Gasteiger partial charge on any atom is 0.323 e. The molecule has 3 heterocycles. The van der Waals surface area contributed by atoms with Crippen molar-refractivity contribution in [3.8, 4) is 6.07 Å². The number of nitriles is 1. The molecule has 1 saturated heterocycles. The summed E-state index contributed by atoms with van der Waals surface area (Å²) in [6, 6.07) is 4.70. The van der Waals surface area contributed by atoms with Crippen molar-refractivity contribution in [1.29, 1.82) is 5.26 Å². The fraction of sp³-hybridized carbons (Fsp3) is 0.556. The molecule has 10 heteroatoms. The first-order valence-electron chi connectivity index (χ1n) is 9.11. The number of anilines is 1. The Balaban J connectivity index is 1.78. The van der Waals surface area contributed by atoms with E-state index in [1.165, 1.54) is 10.8 Å². The Morgan fingerprint density at radius 2 is 2.36 bits per heavy atom. The lowest BCUT2D eigenvalue weighted by atomic mass is 9.96. The molecular weight excluding hydrogens is 364 g/mol. The van der Waals surface area contributed by atoms with Crippen LogP contribution in [0.4, 0.5) is 5.82 Å². The molecule has 0 aliphatic carbocycles. The Bertz CT molecular complexity index is 909. The van der Waals surface area contributed by atoms with Crippen LogP contribution in [0.5, 0.6) is 0 Å². The first-order valence-corrected chi connectivity index (χ1v) is 9.11. The number of aliphatic hydroxyl groups excluding tert-OH is 1. The molecule has 5 atom stereocenters. The SMILES string of the molecule is CCC(C)[C@@H](N)C(=O)OC[C@H]1O[C@@](C#N)(c2ccc3c(N)ncnn23)C[C@@H]1O. The van der Waals surface area contributed by atoms with Crippen molar-refractivity contribution in [2.75, 3.05) is 12.3 Å². The molecule has 10 nitrogen and oxygen atoms in total. The molecule has 0 radical (unpaired) electrons. The highest BCUT2D eigenvalue weighted by Crippen LogP contribution is 2.40. The summed E-state index contributed by atoms with van der Waals surface area (Å²) in [5, 5.41) is 24.4. The molecule has 0 bridgehead atoms. The number of carbonyl (C=O) groups is 1. The number of fused-ring (bicyclic) bond motifs is 1. The summed E-state index contributed by atoms with van der Waals surface area (Å²) in [6.45, 7) is 3.59. The van der Waals surface area contributed by atoms with E-state index in [1.54, 1.807) is 12.1 Å². The average Bonchev–Trinajstić information content (AvgIpc) is 3.27. The summed E-state index contributed by atoms with van der Waals surface area (Å²) in [5.74, 6) is -0.331. The molecule has 1 aliphatic rings. The van der Waals surface area contributed by atoms with Crippen LogP contribution in [-0.4, -0.2) is 50.5 Å². The molecule has 2 aromatic heterocycles. The van der Waals surface area contributed by atoms with Crippen molar-refractivity contribution in [3.05, 3.63) is 24.2 Å². The third kappa shape index (κ3) is 3.40. The van der Waals surface area contributed by atoms with E-state index in [2.05, 4.69) is 16.2 Å². The standard InChI is InChI=1S/C18H24N6O4/c1-3-10(2)15(20)17(26)27-7-13-12(25)6-18(8-19,28-13)14-5-4-11-16(21)22-9-23-24(11)14/h4-5,9-10,12-13,15,25H,3,6-7,20H2,1-2H3,(H2,21,22,23)/t10?,12-,13+,15+,18-/m0/s1. The molecule has 3 rings (SSSR count). The van der Waals surface area contributed by atoms with Gasteiger partial charge in [-0.2, -0.15) is 10.4 Å². The van der Waals surface area contributed by atoms with Gasteiger partial charge in [0.15, 0.2) is 11.4 Å². The van der Waals surface area contributed by atoms with Gasteiger partial charge in [0, 0.05) is 6.42 Å². The van der Waals surface area contributed by atoms with Gasteiger partial charge in [-0.25, -0.2) is 9.50 Å². The molecule has 0 saturated carbocycles. The van der Waals surface area contributed by atoms with Gasteiger partial charge in [0.2, 0.25) is 0 Å². The van der Waals surface area contributed by atoms with Crippen molar-refractivity contribution < 1.29 is 19.4 Å². The molecule has 1 aliphatic heterocycles. The molecule has 150 valence electrons. The van der Waals surface area contributed by atoms with Crippen LogP contribution in [0.3, 0.4) is 0 Å². The number of carbonyl (C=O) groups excluding carboxylic acids is 1. The lowest BCUT2D eigenvalue weighted by Crippen LogP contribution is -2.40. The third-order valence-electron chi connectivity index (χ3n) is 5.27. The Morgan fingerprint density at radius 1 is 1.61 bits per heavy atom. The molecular formula is C18H24N6O4. The van der Waals surface area contributed by atoms with Gasteiger partial charge < -0.3 is 26.0 Å². The zero-order valence-electron chi connectivity index (χ0n) is 15.8. The number of ether oxygens (including phenoxy) is 2. The minimum atomic E-state index is -1.46. The minimum Gasteiger partial charge on any atom is -0.462 e. The fourth-order valence-electron chi connectivity index (χ4n) is 3.26. The van der Waals surface area contributed by atoms with Gasteiger partial charge in [0.25, 0.3) is 0 Å². The number of nitrogens with zero attached hydrogens (tertiary/aromatic N) is 4. The summed E-state index contributed by atoms with van der Waals surface area (Å²) in [5.41, 5.74) is 11.2. The van der Waals surface area contributed by atoms with Gasteiger partial charge in [0.1, 0.15) is 36.7 Å². The average molecular weight is 388 g/mol. The van der Waals surface area contributed by atoms with Crippen LogP contribution < -0.4 is 11.5 Å². The first kappa shape index (κ1) is 20.0. The highest BCUT2D eigenvalue weighted by Gasteiger charge is 2.50. The quantitative estimate of drug-likeness (QED) is 0.582. The predicted octanol–water partition coefficient (Wildman–Crippen LogP) is 0.0968. The number of aliphatic hydroxyl groups is 1. The van der Waals surface area contributed by atoms with Crippen LogP contribution in [0.2, 0.25) is 0 Å². The molecule has 0 aromatic carbocycles. The molecule has 0 spiro atoms. The third-order valence-corrected chi connectivity index (χ3v) is 5.27. The smallest absolute Gasteiger partial charge is 0.323 e. The highest BCUT2D eigenvalue weighted by atomic mass is 16.6. The van der Waals surface area contributed by atoms with Gasteiger partial charge in [-0.1, -0.05) is 20.3 Å². The Morgan fingerprint density at radius 3 is 3.04 bits per heavy atom. The second-order valence-electron chi connectivity index (χ2n) is 7.07. The van der Waals surface area contributed by atoms with Crippen molar-refractivity contribution in [2.45, 2.75) is 50.5 Å². The number of nitrogen functional groups attached to an aromatic ring is 1.